The van der Waals surface area contributed by atoms with Crippen molar-refractivity contribution >= 4 is 58.6 Å². The Balaban J connectivity index is 1.68. The quantitative estimate of drug-likeness (QED) is 0.315. The molecule has 178 valence electrons. The number of carbonyl (C=O) groups excluding carboxylic acids is 1. The first-order chi connectivity index (χ1) is 16.1. The molecular formula is C19H18ClF3N10O. The molecule has 3 aromatic rings. The highest BCUT2D eigenvalue weighted by Gasteiger charge is 2.60. The smallest absolute Gasteiger partial charge is 0.386 e. The number of pyridine rings is 1. The van der Waals surface area contributed by atoms with E-state index in [9.17, 15) is 18.0 Å². The molecule has 0 aromatic carbocycles. The zero-order chi connectivity index (χ0) is 24.7. The van der Waals surface area contributed by atoms with Crippen molar-refractivity contribution in [3.05, 3.63) is 35.4 Å². The zero-order valence-corrected chi connectivity index (χ0v) is 18.5. The van der Waals surface area contributed by atoms with Crippen LogP contribution in [0.25, 0.3) is 5.65 Å². The lowest BCUT2D eigenvalue weighted by atomic mass is 9.88. The molecule has 3 aromatic heterocycles. The molecular weight excluding hydrogens is 477 g/mol. The lowest BCUT2D eigenvalue weighted by molar-refractivity contribution is -0.181. The van der Waals surface area contributed by atoms with Crippen molar-refractivity contribution in [2.45, 2.75) is 18.5 Å². The Bertz CT molecular complexity index is 1310. The number of rotatable bonds is 5. The van der Waals surface area contributed by atoms with E-state index in [4.69, 9.17) is 17.0 Å². The molecule has 0 radical (unpaired) electrons. The number of hydrogen-bond donors (Lipinski definition) is 4. The summed E-state index contributed by atoms with van der Waals surface area (Å²) in [5, 5.41) is 20.1. The second-order valence-electron chi connectivity index (χ2n) is 7.50. The molecule has 0 fully saturated rings. The van der Waals surface area contributed by atoms with Gasteiger partial charge in [0.1, 0.15) is 11.2 Å². The minimum absolute atomic E-state index is 0.0178. The summed E-state index contributed by atoms with van der Waals surface area (Å²) >= 11 is 5.89. The summed E-state index contributed by atoms with van der Waals surface area (Å²) in [6.07, 6.45) is 0.0780. The van der Waals surface area contributed by atoms with Crippen LogP contribution in [0.2, 0.25) is 5.15 Å². The molecule has 0 aliphatic carbocycles. The standard InChI is InChI=1S/C19H18ClF3N10O/c1-18(19(21,22)23)9-32(12-8-27-15-6-13(20)31-33(15)16(12)18)17(34)29-14-5-10(25-2)11(7-26-14)30-28-4-3-24/h3-8,24,30H,9H2,1-2H3,(H2,25,26,29,34)/b24-3?,28-4-/t18-/m1/s1. The van der Waals surface area contributed by atoms with Gasteiger partial charge in [-0.25, -0.2) is 19.3 Å². The van der Waals surface area contributed by atoms with Gasteiger partial charge >= 0.3 is 12.2 Å². The number of alkyl halides is 3. The Morgan fingerprint density at radius 2 is 2.06 bits per heavy atom. The van der Waals surface area contributed by atoms with E-state index in [0.717, 1.165) is 22.6 Å². The van der Waals surface area contributed by atoms with Crippen LogP contribution >= 0.6 is 11.6 Å². The number of aromatic nitrogens is 4. The number of nitrogens with one attached hydrogen (secondary N) is 4. The van der Waals surface area contributed by atoms with E-state index in [1.165, 1.54) is 30.7 Å². The van der Waals surface area contributed by atoms with Gasteiger partial charge in [0.25, 0.3) is 0 Å². The van der Waals surface area contributed by atoms with E-state index in [-0.39, 0.29) is 28.0 Å². The van der Waals surface area contributed by atoms with Gasteiger partial charge < -0.3 is 10.7 Å². The number of carbonyl (C=O) groups is 1. The Kier molecular flexibility index (Phi) is 5.77. The van der Waals surface area contributed by atoms with Gasteiger partial charge in [-0.15, -0.1) is 0 Å². The highest BCUT2D eigenvalue weighted by atomic mass is 35.5. The molecule has 1 atom stereocenters. The number of urea groups is 1. The number of amides is 2. The summed E-state index contributed by atoms with van der Waals surface area (Å²) in [4.78, 5) is 22.2. The van der Waals surface area contributed by atoms with E-state index in [2.05, 4.69) is 36.2 Å². The molecule has 1 aliphatic heterocycles. The van der Waals surface area contributed by atoms with Gasteiger partial charge in [-0.3, -0.25) is 15.6 Å². The van der Waals surface area contributed by atoms with Gasteiger partial charge in [0.15, 0.2) is 10.8 Å². The molecule has 4 rings (SSSR count). The van der Waals surface area contributed by atoms with Crippen LogP contribution in [0, 0.1) is 5.41 Å². The second-order valence-corrected chi connectivity index (χ2v) is 7.88. The Morgan fingerprint density at radius 1 is 1.29 bits per heavy atom. The van der Waals surface area contributed by atoms with Gasteiger partial charge in [-0.1, -0.05) is 11.6 Å². The van der Waals surface area contributed by atoms with E-state index in [0.29, 0.717) is 11.4 Å². The largest absolute Gasteiger partial charge is 0.401 e. The van der Waals surface area contributed by atoms with Gasteiger partial charge in [0.2, 0.25) is 0 Å². The summed E-state index contributed by atoms with van der Waals surface area (Å²) in [6, 6.07) is 1.99. The van der Waals surface area contributed by atoms with Crippen LogP contribution in [-0.4, -0.2) is 57.8 Å². The highest BCUT2D eigenvalue weighted by Crippen LogP contribution is 2.50. The van der Waals surface area contributed by atoms with Crippen molar-refractivity contribution in [2.75, 3.05) is 34.6 Å². The summed E-state index contributed by atoms with van der Waals surface area (Å²) in [5.41, 5.74) is 1.07. The number of hydrogen-bond acceptors (Lipinski definition) is 8. The van der Waals surface area contributed by atoms with Gasteiger partial charge in [-0.05, 0) is 6.92 Å². The third-order valence-corrected chi connectivity index (χ3v) is 5.52. The summed E-state index contributed by atoms with van der Waals surface area (Å²) < 4.78 is 43.6. The van der Waals surface area contributed by atoms with Crippen LogP contribution in [0.5, 0.6) is 0 Å². The molecule has 4 N–H and O–H groups in total. The third kappa shape index (κ3) is 3.85. The minimum atomic E-state index is -4.69. The SMILES string of the molecule is CNc1cc(NC(=O)N2C[C@@](C)(C(F)(F)F)c3c2cnc2cc(Cl)nn32)ncc1N/N=C\C=N. The van der Waals surface area contributed by atoms with Gasteiger partial charge in [0, 0.05) is 31.9 Å². The first-order valence-corrected chi connectivity index (χ1v) is 10.1. The normalized spacial score (nSPS) is 17.8. The van der Waals surface area contributed by atoms with Crippen molar-refractivity contribution < 1.29 is 18.0 Å². The molecule has 0 bridgehead atoms. The molecule has 0 unspecified atom stereocenters. The number of fused-ring (bicyclic) bond motifs is 3. The fourth-order valence-electron chi connectivity index (χ4n) is 3.63. The van der Waals surface area contributed by atoms with Crippen LogP contribution in [0.3, 0.4) is 0 Å². The Morgan fingerprint density at radius 3 is 2.74 bits per heavy atom. The number of anilines is 4. The van der Waals surface area contributed by atoms with Crippen LogP contribution in [0.1, 0.15) is 12.6 Å². The van der Waals surface area contributed by atoms with Gasteiger partial charge in [-0.2, -0.15) is 23.4 Å². The molecule has 11 nitrogen and oxygen atoms in total. The highest BCUT2D eigenvalue weighted by molar-refractivity contribution is 6.29. The predicted molar refractivity (Wildman–Crippen MR) is 122 cm³/mol. The summed E-state index contributed by atoms with van der Waals surface area (Å²) in [7, 11) is 1.63. The van der Waals surface area contributed by atoms with Crippen molar-refractivity contribution in [3.63, 3.8) is 0 Å². The third-order valence-electron chi connectivity index (χ3n) is 5.34. The second kappa shape index (κ2) is 8.44. The van der Waals surface area contributed by atoms with Crippen molar-refractivity contribution in [2.24, 2.45) is 5.10 Å². The lowest BCUT2D eigenvalue weighted by Gasteiger charge is -2.28. The number of halogens is 4. The van der Waals surface area contributed by atoms with Crippen LogP contribution in [0.15, 0.2) is 29.6 Å². The topological polar surface area (TPSA) is 136 Å². The first-order valence-electron chi connectivity index (χ1n) is 9.75. The van der Waals surface area contributed by atoms with Crippen molar-refractivity contribution in [1.82, 2.24) is 19.6 Å². The van der Waals surface area contributed by atoms with Crippen LogP contribution in [-0.2, 0) is 5.41 Å². The summed E-state index contributed by atoms with van der Waals surface area (Å²) in [5.74, 6) is 0.0919. The minimum Gasteiger partial charge on any atom is -0.386 e. The molecule has 0 saturated heterocycles. The van der Waals surface area contributed by atoms with E-state index >= 15 is 0 Å². The fourth-order valence-corrected chi connectivity index (χ4v) is 3.81. The maximum atomic E-state index is 14.2. The molecule has 15 heteroatoms. The first kappa shape index (κ1) is 23.2. The van der Waals surface area contributed by atoms with E-state index < -0.39 is 24.2 Å². The molecule has 4 heterocycles. The fraction of sp³-hybridized carbons (Fsp3) is 0.263. The molecule has 1 aliphatic rings. The molecule has 0 saturated carbocycles. The van der Waals surface area contributed by atoms with Crippen molar-refractivity contribution in [3.8, 4) is 0 Å². The van der Waals surface area contributed by atoms with Gasteiger partial charge in [0.05, 0.1) is 41.4 Å². The average Bonchev–Trinajstić information content (AvgIpc) is 3.31. The molecule has 34 heavy (non-hydrogen) atoms. The maximum Gasteiger partial charge on any atom is 0.401 e. The Hall–Kier alpha value is -3.94. The predicted octanol–water partition coefficient (Wildman–Crippen LogP) is 3.74. The van der Waals surface area contributed by atoms with E-state index in [1.54, 1.807) is 7.05 Å². The van der Waals surface area contributed by atoms with E-state index in [1.807, 2.05) is 0 Å². The van der Waals surface area contributed by atoms with Crippen LogP contribution in [0.4, 0.5) is 40.8 Å². The number of hydrazone groups is 1. The van der Waals surface area contributed by atoms with Crippen molar-refractivity contribution in [1.29, 1.82) is 5.41 Å². The maximum absolute atomic E-state index is 14.2. The molecule has 2 amide bonds. The lowest BCUT2D eigenvalue weighted by Crippen LogP contribution is -2.46. The Labute approximate surface area is 195 Å². The average molecular weight is 495 g/mol. The zero-order valence-electron chi connectivity index (χ0n) is 17.8. The number of nitrogens with zero attached hydrogens (tertiary/aromatic N) is 6. The summed E-state index contributed by atoms with van der Waals surface area (Å²) in [6.45, 7) is 0.313. The monoisotopic (exact) mass is 494 g/mol. The molecule has 0 spiro atoms. The van der Waals surface area contributed by atoms with Crippen LogP contribution < -0.4 is 21.0 Å².